The Bertz CT molecular complexity index is 548. The molecule has 3 nitrogen and oxygen atoms in total. The van der Waals surface area contributed by atoms with Crippen LogP contribution in [0.5, 0.6) is 0 Å². The number of pyridine rings is 1. The molecule has 1 aromatic heterocycles. The molecule has 2 aromatic rings. The quantitative estimate of drug-likeness (QED) is 0.629. The van der Waals surface area contributed by atoms with Gasteiger partial charge < -0.3 is 0 Å². The molecule has 0 aliphatic rings. The average Bonchev–Trinajstić information content (AvgIpc) is 2.49. The summed E-state index contributed by atoms with van der Waals surface area (Å²) < 4.78 is 14.0. The minimum absolute atomic E-state index is 0.0910. The summed E-state index contributed by atoms with van der Waals surface area (Å²) in [6.07, 6.45) is 6.04. The predicted octanol–water partition coefficient (Wildman–Crippen LogP) is 2.99. The molecule has 20 heavy (non-hydrogen) atoms. The van der Waals surface area contributed by atoms with Gasteiger partial charge in [0.1, 0.15) is 5.82 Å². The van der Waals surface area contributed by atoms with Gasteiger partial charge in [0, 0.05) is 18.4 Å². The van der Waals surface area contributed by atoms with E-state index in [-0.39, 0.29) is 11.9 Å². The molecule has 0 saturated heterocycles. The number of nitrogens with two attached hydrogens (primary N) is 1. The number of benzene rings is 1. The van der Waals surface area contributed by atoms with E-state index < -0.39 is 0 Å². The van der Waals surface area contributed by atoms with Gasteiger partial charge in [-0.05, 0) is 58.5 Å². The van der Waals surface area contributed by atoms with Crippen LogP contribution in [-0.4, -0.2) is 11.0 Å². The first kappa shape index (κ1) is 15.1. The van der Waals surface area contributed by atoms with Crippen LogP contribution >= 0.6 is 15.9 Å². The zero-order chi connectivity index (χ0) is 14.4. The van der Waals surface area contributed by atoms with Gasteiger partial charge in [0.2, 0.25) is 0 Å². The molecule has 0 saturated carbocycles. The zero-order valence-corrected chi connectivity index (χ0v) is 12.6. The molecule has 106 valence electrons. The minimum Gasteiger partial charge on any atom is -0.271 e. The monoisotopic (exact) mass is 337 g/mol. The van der Waals surface area contributed by atoms with Gasteiger partial charge in [-0.25, -0.2) is 4.39 Å². The number of aryl methyl sites for hydroxylation is 1. The lowest BCUT2D eigenvalue weighted by Gasteiger charge is -2.17. The first-order valence-electron chi connectivity index (χ1n) is 6.48. The molecule has 3 N–H and O–H groups in total. The van der Waals surface area contributed by atoms with E-state index in [1.165, 1.54) is 11.6 Å². The van der Waals surface area contributed by atoms with Gasteiger partial charge in [-0.2, -0.15) is 0 Å². The van der Waals surface area contributed by atoms with Crippen molar-refractivity contribution < 1.29 is 4.39 Å². The predicted molar refractivity (Wildman–Crippen MR) is 81.5 cm³/mol. The first-order chi connectivity index (χ1) is 9.70. The summed E-state index contributed by atoms with van der Waals surface area (Å²) >= 11 is 3.28. The topological polar surface area (TPSA) is 50.9 Å². The molecule has 1 atom stereocenters. The van der Waals surface area contributed by atoms with Crippen LogP contribution in [0.15, 0.2) is 47.2 Å². The third-order valence-corrected chi connectivity index (χ3v) is 4.13. The number of halogens is 2. The van der Waals surface area contributed by atoms with Crippen LogP contribution in [-0.2, 0) is 12.8 Å². The van der Waals surface area contributed by atoms with Crippen LogP contribution in [0.2, 0.25) is 0 Å². The van der Waals surface area contributed by atoms with Crippen molar-refractivity contribution in [2.75, 3.05) is 0 Å². The maximum absolute atomic E-state index is 13.5. The van der Waals surface area contributed by atoms with Crippen molar-refractivity contribution in [3.05, 3.63) is 64.1 Å². The fourth-order valence-electron chi connectivity index (χ4n) is 2.10. The molecule has 1 unspecified atom stereocenters. The van der Waals surface area contributed by atoms with Crippen LogP contribution in [0.25, 0.3) is 0 Å². The lowest BCUT2D eigenvalue weighted by Crippen LogP contribution is -2.37. The largest absolute Gasteiger partial charge is 0.271 e. The van der Waals surface area contributed by atoms with Crippen LogP contribution in [0, 0.1) is 5.82 Å². The SMILES string of the molecule is NNC(CCc1cccnc1)Cc1cccc(F)c1Br. The van der Waals surface area contributed by atoms with Crippen molar-refractivity contribution in [3.8, 4) is 0 Å². The fraction of sp³-hybridized carbons (Fsp3) is 0.267. The van der Waals surface area contributed by atoms with E-state index >= 15 is 0 Å². The van der Waals surface area contributed by atoms with E-state index in [4.69, 9.17) is 5.84 Å². The maximum atomic E-state index is 13.5. The number of aromatic nitrogens is 1. The van der Waals surface area contributed by atoms with Crippen molar-refractivity contribution in [1.29, 1.82) is 0 Å². The number of hydrogen-bond acceptors (Lipinski definition) is 3. The highest BCUT2D eigenvalue weighted by atomic mass is 79.9. The standard InChI is InChI=1S/C15H17BrFN3/c16-15-12(4-1-5-14(15)17)9-13(20-18)7-6-11-3-2-8-19-10-11/h1-5,8,10,13,20H,6-7,9,18H2. The van der Waals surface area contributed by atoms with Crippen molar-refractivity contribution >= 4 is 15.9 Å². The molecule has 2 rings (SSSR count). The molecule has 0 aliphatic heterocycles. The van der Waals surface area contributed by atoms with Gasteiger partial charge in [0.15, 0.2) is 0 Å². The number of nitrogens with zero attached hydrogens (tertiary/aromatic N) is 1. The van der Waals surface area contributed by atoms with Gasteiger partial charge >= 0.3 is 0 Å². The van der Waals surface area contributed by atoms with Gasteiger partial charge in [0.05, 0.1) is 4.47 Å². The summed E-state index contributed by atoms with van der Waals surface area (Å²) in [4.78, 5) is 4.09. The molecular formula is C15H17BrFN3. The fourth-order valence-corrected chi connectivity index (χ4v) is 2.53. The summed E-state index contributed by atoms with van der Waals surface area (Å²) in [6.45, 7) is 0. The summed E-state index contributed by atoms with van der Waals surface area (Å²) in [5.41, 5.74) is 4.89. The van der Waals surface area contributed by atoms with Gasteiger partial charge in [-0.1, -0.05) is 18.2 Å². The van der Waals surface area contributed by atoms with Gasteiger partial charge in [-0.3, -0.25) is 16.3 Å². The van der Waals surface area contributed by atoms with E-state index in [0.717, 1.165) is 18.4 Å². The summed E-state index contributed by atoms with van der Waals surface area (Å²) in [5, 5.41) is 0. The zero-order valence-electron chi connectivity index (χ0n) is 11.0. The minimum atomic E-state index is -0.245. The number of hydrazine groups is 1. The van der Waals surface area contributed by atoms with Crippen molar-refractivity contribution in [2.45, 2.75) is 25.3 Å². The van der Waals surface area contributed by atoms with Gasteiger partial charge in [-0.15, -0.1) is 0 Å². The van der Waals surface area contributed by atoms with Gasteiger partial charge in [0.25, 0.3) is 0 Å². The van der Waals surface area contributed by atoms with E-state index in [1.807, 2.05) is 24.4 Å². The lowest BCUT2D eigenvalue weighted by molar-refractivity contribution is 0.489. The highest BCUT2D eigenvalue weighted by Gasteiger charge is 2.12. The maximum Gasteiger partial charge on any atom is 0.137 e. The Balaban J connectivity index is 1.97. The summed E-state index contributed by atoms with van der Waals surface area (Å²) in [6, 6.07) is 9.11. The Hall–Kier alpha value is -1.30. The molecule has 0 fully saturated rings. The molecule has 1 heterocycles. The Morgan fingerprint density at radius 3 is 2.85 bits per heavy atom. The summed E-state index contributed by atoms with van der Waals surface area (Å²) in [7, 11) is 0. The van der Waals surface area contributed by atoms with Crippen molar-refractivity contribution in [3.63, 3.8) is 0 Å². The van der Waals surface area contributed by atoms with Crippen LogP contribution in [0.3, 0.4) is 0 Å². The highest BCUT2D eigenvalue weighted by Crippen LogP contribution is 2.22. The van der Waals surface area contributed by atoms with Crippen LogP contribution in [0.1, 0.15) is 17.5 Å². The van der Waals surface area contributed by atoms with E-state index in [1.54, 1.807) is 12.3 Å². The smallest absolute Gasteiger partial charge is 0.137 e. The molecule has 0 aliphatic carbocycles. The number of nitrogens with one attached hydrogen (secondary N) is 1. The van der Waals surface area contributed by atoms with Crippen LogP contribution < -0.4 is 11.3 Å². The first-order valence-corrected chi connectivity index (χ1v) is 7.28. The molecule has 5 heteroatoms. The molecule has 0 spiro atoms. The Labute approximate surface area is 126 Å². The van der Waals surface area contributed by atoms with E-state index in [9.17, 15) is 4.39 Å². The lowest BCUT2D eigenvalue weighted by atomic mass is 10.00. The Morgan fingerprint density at radius 1 is 1.30 bits per heavy atom. The van der Waals surface area contributed by atoms with Crippen molar-refractivity contribution in [1.82, 2.24) is 10.4 Å². The number of hydrogen-bond donors (Lipinski definition) is 2. The van der Waals surface area contributed by atoms with E-state index in [2.05, 4.69) is 26.3 Å². The second kappa shape index (κ2) is 7.47. The summed E-state index contributed by atoms with van der Waals surface area (Å²) in [5.74, 6) is 5.35. The Kier molecular flexibility index (Phi) is 5.64. The number of rotatable bonds is 6. The Morgan fingerprint density at radius 2 is 2.15 bits per heavy atom. The second-order valence-corrected chi connectivity index (χ2v) is 5.47. The van der Waals surface area contributed by atoms with Crippen LogP contribution in [0.4, 0.5) is 4.39 Å². The molecule has 0 radical (unpaired) electrons. The average molecular weight is 338 g/mol. The van der Waals surface area contributed by atoms with E-state index in [0.29, 0.717) is 10.9 Å². The molecular weight excluding hydrogens is 321 g/mol. The molecule has 0 amide bonds. The highest BCUT2D eigenvalue weighted by molar-refractivity contribution is 9.10. The third-order valence-electron chi connectivity index (χ3n) is 3.24. The third kappa shape index (κ3) is 4.10. The normalized spacial score (nSPS) is 12.3. The second-order valence-electron chi connectivity index (χ2n) is 4.68. The van der Waals surface area contributed by atoms with Crippen molar-refractivity contribution in [2.24, 2.45) is 5.84 Å². The molecule has 0 bridgehead atoms. The molecule has 1 aromatic carbocycles.